The molecule has 13 heteroatoms. The van der Waals surface area contributed by atoms with E-state index in [2.05, 4.69) is 82.9 Å². The van der Waals surface area contributed by atoms with Crippen LogP contribution in [0.2, 0.25) is 23.2 Å². The van der Waals surface area contributed by atoms with E-state index in [1.165, 1.54) is 4.90 Å². The Labute approximate surface area is 310 Å². The third-order valence-electron chi connectivity index (χ3n) is 12.3. The molecule has 3 aliphatic rings. The molecule has 1 saturated carbocycles. The van der Waals surface area contributed by atoms with E-state index < -0.39 is 14.4 Å². The highest BCUT2D eigenvalue weighted by Gasteiger charge is 2.55. The molecule has 5 heterocycles. The van der Waals surface area contributed by atoms with E-state index in [-0.39, 0.29) is 22.7 Å². The molecular formula is C39H50ClN7O4Si. The number of fused-ring (bicyclic) bond motifs is 2. The zero-order valence-corrected chi connectivity index (χ0v) is 33.1. The van der Waals surface area contributed by atoms with Crippen LogP contribution in [0.1, 0.15) is 76.4 Å². The fourth-order valence-corrected chi connectivity index (χ4v) is 9.56. The lowest BCUT2D eigenvalue weighted by Crippen LogP contribution is -2.63. The summed E-state index contributed by atoms with van der Waals surface area (Å²) in [7, 11) is -1.86. The number of benzene rings is 2. The first-order valence-electron chi connectivity index (χ1n) is 18.6. The summed E-state index contributed by atoms with van der Waals surface area (Å²) >= 11 is 7.31. The fraction of sp³-hybridized carbons (Fsp3) is 0.538. The number of likely N-dealkylation sites (tertiary alicyclic amines) is 1. The van der Waals surface area contributed by atoms with Crippen LogP contribution in [0.4, 0.5) is 4.79 Å². The lowest BCUT2D eigenvalue weighted by atomic mass is 9.61. The molecule has 11 nitrogen and oxygen atoms in total. The summed E-state index contributed by atoms with van der Waals surface area (Å²) in [6.45, 7) is 18.8. The van der Waals surface area contributed by atoms with Gasteiger partial charge in [-0.05, 0) is 87.8 Å². The van der Waals surface area contributed by atoms with E-state index in [4.69, 9.17) is 36.1 Å². The molecule has 1 N–H and O–H groups in total. The molecule has 1 spiro atoms. The summed E-state index contributed by atoms with van der Waals surface area (Å²) in [5.41, 5.74) is 7.77. The molecule has 3 aromatic heterocycles. The van der Waals surface area contributed by atoms with Gasteiger partial charge >= 0.3 is 6.09 Å². The van der Waals surface area contributed by atoms with Crippen LogP contribution in [0.25, 0.3) is 44.2 Å². The Bertz CT molecular complexity index is 2180. The van der Waals surface area contributed by atoms with Crippen LogP contribution in [0.5, 0.6) is 0 Å². The molecule has 2 aliphatic heterocycles. The molecule has 1 aliphatic carbocycles. The summed E-state index contributed by atoms with van der Waals surface area (Å²) < 4.78 is 18.8. The topological polar surface area (TPSA) is 112 Å². The first-order valence-corrected chi connectivity index (χ1v) is 21.9. The number of halogens is 1. The molecule has 0 radical (unpaired) electrons. The van der Waals surface area contributed by atoms with Crippen LogP contribution in [0, 0.1) is 19.3 Å². The van der Waals surface area contributed by atoms with Crippen LogP contribution < -0.4 is 0 Å². The molecule has 5 aromatic rings. The highest BCUT2D eigenvalue weighted by molar-refractivity contribution is 6.74. The minimum absolute atomic E-state index is 0.0406. The van der Waals surface area contributed by atoms with Gasteiger partial charge in [0, 0.05) is 64.5 Å². The summed E-state index contributed by atoms with van der Waals surface area (Å²) in [5, 5.41) is 27.5. The first-order chi connectivity index (χ1) is 24.6. The maximum Gasteiger partial charge on any atom is 0.407 e. The Hall–Kier alpha value is -3.71. The SMILES string of the molecule is Cc1cc2c(cnn2C2CCCCO2)c(-c2c(-c3ccc4nn(CCO[Si](C)(C)C(C)(C)C)cc4c3)nn(C3CC4(C3)CN(C(=O)O)C4)c2C)c1Cl. The molecule has 1 unspecified atom stereocenters. The predicted molar refractivity (Wildman–Crippen MR) is 206 cm³/mol. The molecule has 276 valence electrons. The second kappa shape index (κ2) is 12.7. The fourth-order valence-electron chi connectivity index (χ4n) is 8.28. The second-order valence-electron chi connectivity index (χ2n) is 17.0. The number of hydrogen-bond donors (Lipinski definition) is 1. The monoisotopic (exact) mass is 743 g/mol. The molecule has 1 atom stereocenters. The largest absolute Gasteiger partial charge is 0.465 e. The normalized spacial score (nSPS) is 19.5. The number of hydrogen-bond acceptors (Lipinski definition) is 6. The molecule has 2 saturated heterocycles. The smallest absolute Gasteiger partial charge is 0.407 e. The van der Waals surface area contributed by atoms with Gasteiger partial charge in [0.15, 0.2) is 14.5 Å². The van der Waals surface area contributed by atoms with Crippen molar-refractivity contribution in [2.45, 2.75) is 104 Å². The van der Waals surface area contributed by atoms with Gasteiger partial charge in [-0.2, -0.15) is 15.3 Å². The van der Waals surface area contributed by atoms with Gasteiger partial charge in [0.05, 0.1) is 41.4 Å². The number of amides is 1. The number of carbonyl (C=O) groups is 1. The third kappa shape index (κ3) is 5.95. The number of carboxylic acid groups (broad SMARTS) is 1. The Morgan fingerprint density at radius 1 is 1.10 bits per heavy atom. The highest BCUT2D eigenvalue weighted by Crippen LogP contribution is 2.55. The predicted octanol–water partition coefficient (Wildman–Crippen LogP) is 9.22. The number of nitrogens with zero attached hydrogens (tertiary/aromatic N) is 7. The van der Waals surface area contributed by atoms with Crippen molar-refractivity contribution in [2.24, 2.45) is 5.41 Å². The zero-order chi connectivity index (χ0) is 36.7. The van der Waals surface area contributed by atoms with Gasteiger partial charge in [-0.15, -0.1) is 0 Å². The van der Waals surface area contributed by atoms with E-state index in [1.807, 2.05) is 15.6 Å². The first kappa shape index (κ1) is 35.3. The van der Waals surface area contributed by atoms with Crippen LogP contribution in [-0.4, -0.2) is 80.1 Å². The quantitative estimate of drug-likeness (QED) is 0.158. The number of aryl methyl sites for hydroxylation is 1. The average molecular weight is 744 g/mol. The Morgan fingerprint density at radius 3 is 2.56 bits per heavy atom. The number of aromatic nitrogens is 6. The standard InChI is InChI=1S/C39H50ClN7O4Si/c1-24-16-31-29(20-41-47(31)32-10-8-9-14-50-32)34(35(24)40)33-25(2)46(28-18-39(19-28)22-44(23-39)37(48)49)43-36(33)26-11-12-30-27(17-26)21-45(42-30)13-15-51-52(6,7)38(3,4)5/h11-12,16-17,20-21,28,32H,8-10,13-15,18-19,22-23H2,1-7H3,(H,48,49). The molecule has 0 bridgehead atoms. The molecule has 1 amide bonds. The van der Waals surface area contributed by atoms with E-state index >= 15 is 0 Å². The van der Waals surface area contributed by atoms with Crippen LogP contribution >= 0.6 is 11.6 Å². The van der Waals surface area contributed by atoms with Crippen molar-refractivity contribution in [2.75, 3.05) is 26.3 Å². The maximum absolute atomic E-state index is 11.5. The molecule has 8 rings (SSSR count). The average Bonchev–Trinajstić information content (AvgIpc) is 3.75. The Kier molecular flexibility index (Phi) is 8.63. The van der Waals surface area contributed by atoms with Crippen molar-refractivity contribution in [3.05, 3.63) is 52.9 Å². The summed E-state index contributed by atoms with van der Waals surface area (Å²) in [4.78, 5) is 13.0. The minimum atomic E-state index is -1.86. The Balaban J connectivity index is 1.19. The van der Waals surface area contributed by atoms with Gasteiger partial charge in [-0.1, -0.05) is 38.4 Å². The van der Waals surface area contributed by atoms with Crippen molar-refractivity contribution >= 4 is 47.8 Å². The summed E-state index contributed by atoms with van der Waals surface area (Å²) in [6.07, 6.45) is 7.99. The Morgan fingerprint density at radius 2 is 1.87 bits per heavy atom. The van der Waals surface area contributed by atoms with Crippen molar-refractivity contribution in [1.82, 2.24) is 34.2 Å². The van der Waals surface area contributed by atoms with Crippen LogP contribution in [0.3, 0.4) is 0 Å². The lowest BCUT2D eigenvalue weighted by molar-refractivity contribution is -0.0775. The molecule has 3 fully saturated rings. The zero-order valence-electron chi connectivity index (χ0n) is 31.4. The van der Waals surface area contributed by atoms with Gasteiger partial charge in [0.1, 0.15) is 5.69 Å². The lowest BCUT2D eigenvalue weighted by Gasteiger charge is -2.58. The second-order valence-corrected chi connectivity index (χ2v) is 22.1. The van der Waals surface area contributed by atoms with Gasteiger partial charge in [-0.25, -0.2) is 9.48 Å². The van der Waals surface area contributed by atoms with Crippen molar-refractivity contribution in [1.29, 1.82) is 0 Å². The minimum Gasteiger partial charge on any atom is -0.465 e. The molecule has 2 aromatic carbocycles. The molecule has 52 heavy (non-hydrogen) atoms. The number of ether oxygens (including phenoxy) is 1. The summed E-state index contributed by atoms with van der Waals surface area (Å²) in [5.74, 6) is 0. The summed E-state index contributed by atoms with van der Waals surface area (Å²) in [6, 6.07) is 8.67. The van der Waals surface area contributed by atoms with Crippen LogP contribution in [0.15, 0.2) is 36.7 Å². The van der Waals surface area contributed by atoms with Gasteiger partial charge < -0.3 is 19.2 Å². The van der Waals surface area contributed by atoms with E-state index in [9.17, 15) is 9.90 Å². The van der Waals surface area contributed by atoms with Gasteiger partial charge in [0.25, 0.3) is 0 Å². The third-order valence-corrected chi connectivity index (χ3v) is 17.3. The van der Waals surface area contributed by atoms with Crippen molar-refractivity contribution < 1.29 is 19.1 Å². The highest BCUT2D eigenvalue weighted by atomic mass is 35.5. The van der Waals surface area contributed by atoms with E-state index in [0.29, 0.717) is 31.3 Å². The van der Waals surface area contributed by atoms with E-state index in [0.717, 1.165) is 94.2 Å². The van der Waals surface area contributed by atoms with Crippen molar-refractivity contribution in [3.63, 3.8) is 0 Å². The van der Waals surface area contributed by atoms with E-state index in [1.54, 1.807) is 0 Å². The number of rotatable bonds is 8. The van der Waals surface area contributed by atoms with Crippen LogP contribution in [-0.2, 0) is 15.7 Å². The van der Waals surface area contributed by atoms with Gasteiger partial charge in [-0.3, -0.25) is 9.36 Å². The van der Waals surface area contributed by atoms with Crippen molar-refractivity contribution in [3.8, 4) is 22.4 Å². The molecular weight excluding hydrogens is 694 g/mol. The maximum atomic E-state index is 11.5. The van der Waals surface area contributed by atoms with Gasteiger partial charge in [0.2, 0.25) is 0 Å².